The average Bonchev–Trinajstić information content (AvgIpc) is 3.22. The zero-order valence-electron chi connectivity index (χ0n) is 14.3. The lowest BCUT2D eigenvalue weighted by atomic mass is 10.2. The standard InChI is InChI=1S/C17H25N5OS/c1-14(15-4-3-11-24-15)19-17(23)13-22-9-7-21(8-10-22)12-16-18-5-6-20(16)2/h3-6,11,14H,7-10,12-13H2,1-2H3,(H,19,23)/t14-/m1/s1. The second-order valence-electron chi connectivity index (χ2n) is 6.31. The van der Waals surface area contributed by atoms with Crippen LogP contribution in [0.15, 0.2) is 29.9 Å². The summed E-state index contributed by atoms with van der Waals surface area (Å²) in [5, 5.41) is 5.13. The van der Waals surface area contributed by atoms with Gasteiger partial charge in [-0.05, 0) is 18.4 Å². The Labute approximate surface area is 147 Å². The van der Waals surface area contributed by atoms with Crippen molar-refractivity contribution in [1.29, 1.82) is 0 Å². The fourth-order valence-corrected chi connectivity index (χ4v) is 3.69. The van der Waals surface area contributed by atoms with Crippen molar-refractivity contribution in [2.45, 2.75) is 19.5 Å². The molecule has 24 heavy (non-hydrogen) atoms. The van der Waals surface area contributed by atoms with E-state index in [1.165, 1.54) is 4.88 Å². The van der Waals surface area contributed by atoms with E-state index in [1.807, 2.05) is 37.8 Å². The highest BCUT2D eigenvalue weighted by Crippen LogP contribution is 2.18. The number of amides is 1. The molecule has 6 nitrogen and oxygen atoms in total. The molecule has 7 heteroatoms. The summed E-state index contributed by atoms with van der Waals surface area (Å²) in [6.45, 7) is 7.18. The van der Waals surface area contributed by atoms with Crippen LogP contribution in [0.2, 0.25) is 0 Å². The molecule has 0 aromatic carbocycles. The maximum absolute atomic E-state index is 12.2. The number of aromatic nitrogens is 2. The molecule has 0 unspecified atom stereocenters. The number of carbonyl (C=O) groups is 1. The number of nitrogens with zero attached hydrogens (tertiary/aromatic N) is 4. The third kappa shape index (κ3) is 4.43. The van der Waals surface area contributed by atoms with Crippen LogP contribution < -0.4 is 5.32 Å². The van der Waals surface area contributed by atoms with Gasteiger partial charge < -0.3 is 9.88 Å². The summed E-state index contributed by atoms with van der Waals surface area (Å²) >= 11 is 1.68. The first-order chi connectivity index (χ1) is 11.6. The second kappa shape index (κ2) is 7.92. The Bertz CT molecular complexity index is 646. The molecule has 3 heterocycles. The summed E-state index contributed by atoms with van der Waals surface area (Å²) in [7, 11) is 2.03. The molecule has 1 saturated heterocycles. The second-order valence-corrected chi connectivity index (χ2v) is 7.29. The van der Waals surface area contributed by atoms with Crippen LogP contribution in [0.5, 0.6) is 0 Å². The van der Waals surface area contributed by atoms with Crippen molar-refractivity contribution in [3.63, 3.8) is 0 Å². The molecule has 1 atom stereocenters. The third-order valence-electron chi connectivity index (χ3n) is 4.47. The van der Waals surface area contributed by atoms with Gasteiger partial charge in [0.25, 0.3) is 0 Å². The van der Waals surface area contributed by atoms with Gasteiger partial charge in [0.15, 0.2) is 0 Å². The van der Waals surface area contributed by atoms with E-state index in [-0.39, 0.29) is 11.9 Å². The van der Waals surface area contributed by atoms with E-state index in [0.717, 1.165) is 38.5 Å². The van der Waals surface area contributed by atoms with Gasteiger partial charge >= 0.3 is 0 Å². The SMILES string of the molecule is C[C@@H](NC(=O)CN1CCN(Cc2nccn2C)CC1)c1cccs1. The largest absolute Gasteiger partial charge is 0.348 e. The fourth-order valence-electron chi connectivity index (χ4n) is 2.95. The normalized spacial score (nSPS) is 17.8. The summed E-state index contributed by atoms with van der Waals surface area (Å²) < 4.78 is 2.06. The Morgan fingerprint density at radius 1 is 1.33 bits per heavy atom. The molecule has 1 fully saturated rings. The topological polar surface area (TPSA) is 53.4 Å². The van der Waals surface area contributed by atoms with Crippen LogP contribution >= 0.6 is 11.3 Å². The number of rotatable bonds is 6. The predicted octanol–water partition coefficient (Wildman–Crippen LogP) is 1.48. The highest BCUT2D eigenvalue weighted by molar-refractivity contribution is 7.10. The maximum Gasteiger partial charge on any atom is 0.234 e. The lowest BCUT2D eigenvalue weighted by Crippen LogP contribution is -2.49. The van der Waals surface area contributed by atoms with E-state index in [1.54, 1.807) is 11.3 Å². The van der Waals surface area contributed by atoms with Crippen LogP contribution in [-0.2, 0) is 18.4 Å². The van der Waals surface area contributed by atoms with Crippen molar-refractivity contribution in [1.82, 2.24) is 24.7 Å². The van der Waals surface area contributed by atoms with Gasteiger partial charge in [-0.2, -0.15) is 0 Å². The lowest BCUT2D eigenvalue weighted by Gasteiger charge is -2.34. The van der Waals surface area contributed by atoms with E-state index in [0.29, 0.717) is 6.54 Å². The van der Waals surface area contributed by atoms with Gasteiger partial charge in [0.05, 0.1) is 19.1 Å². The molecule has 0 bridgehead atoms. The van der Waals surface area contributed by atoms with Crippen LogP contribution in [-0.4, -0.2) is 58.0 Å². The van der Waals surface area contributed by atoms with Crippen LogP contribution in [0.25, 0.3) is 0 Å². The summed E-state index contributed by atoms with van der Waals surface area (Å²) in [6, 6.07) is 4.16. The van der Waals surface area contributed by atoms with Gasteiger partial charge in [0.1, 0.15) is 5.82 Å². The van der Waals surface area contributed by atoms with E-state index < -0.39 is 0 Å². The van der Waals surface area contributed by atoms with Crippen molar-refractivity contribution in [3.05, 3.63) is 40.6 Å². The Hall–Kier alpha value is -1.70. The molecule has 2 aromatic rings. The Kier molecular flexibility index (Phi) is 5.65. The van der Waals surface area contributed by atoms with Gasteiger partial charge in [-0.3, -0.25) is 14.6 Å². The van der Waals surface area contributed by atoms with Crippen LogP contribution in [0.1, 0.15) is 23.7 Å². The minimum absolute atomic E-state index is 0.0854. The average molecular weight is 347 g/mol. The molecule has 0 spiro atoms. The van der Waals surface area contributed by atoms with Crippen LogP contribution in [0.3, 0.4) is 0 Å². The summed E-state index contributed by atoms with van der Waals surface area (Å²) in [5.41, 5.74) is 0. The molecule has 2 aromatic heterocycles. The van der Waals surface area contributed by atoms with E-state index in [4.69, 9.17) is 0 Å². The number of nitrogens with one attached hydrogen (secondary N) is 1. The molecule has 0 saturated carbocycles. The Morgan fingerprint density at radius 3 is 2.71 bits per heavy atom. The molecule has 1 aliphatic rings. The predicted molar refractivity (Wildman–Crippen MR) is 95.8 cm³/mol. The molecule has 0 aliphatic carbocycles. The first-order valence-electron chi connectivity index (χ1n) is 8.35. The van der Waals surface area contributed by atoms with Gasteiger partial charge in [-0.25, -0.2) is 4.98 Å². The Balaban J connectivity index is 1.40. The number of thiophene rings is 1. The molecule has 1 amide bonds. The van der Waals surface area contributed by atoms with Gasteiger partial charge in [0.2, 0.25) is 5.91 Å². The minimum atomic E-state index is 0.0854. The lowest BCUT2D eigenvalue weighted by molar-refractivity contribution is -0.123. The third-order valence-corrected chi connectivity index (χ3v) is 5.52. The summed E-state index contributed by atoms with van der Waals surface area (Å²) in [5.74, 6) is 1.19. The highest BCUT2D eigenvalue weighted by Gasteiger charge is 2.20. The zero-order valence-corrected chi connectivity index (χ0v) is 15.1. The van der Waals surface area contributed by atoms with E-state index in [2.05, 4.69) is 30.7 Å². The molecule has 1 N–H and O–H groups in total. The van der Waals surface area contributed by atoms with Crippen molar-refractivity contribution < 1.29 is 4.79 Å². The first-order valence-corrected chi connectivity index (χ1v) is 9.23. The molecular formula is C17H25N5OS. The van der Waals surface area contributed by atoms with Crippen molar-refractivity contribution >= 4 is 17.2 Å². The number of aryl methyl sites for hydroxylation is 1. The number of hydrogen-bond acceptors (Lipinski definition) is 5. The van der Waals surface area contributed by atoms with E-state index >= 15 is 0 Å². The number of carbonyl (C=O) groups excluding carboxylic acids is 1. The number of hydrogen-bond donors (Lipinski definition) is 1. The van der Waals surface area contributed by atoms with Crippen molar-refractivity contribution in [2.24, 2.45) is 7.05 Å². The summed E-state index contributed by atoms with van der Waals surface area (Å²) in [4.78, 5) is 22.4. The number of imidazole rings is 1. The minimum Gasteiger partial charge on any atom is -0.348 e. The molecule has 1 aliphatic heterocycles. The number of piperazine rings is 1. The Morgan fingerprint density at radius 2 is 2.08 bits per heavy atom. The van der Waals surface area contributed by atoms with Crippen molar-refractivity contribution in [2.75, 3.05) is 32.7 Å². The van der Waals surface area contributed by atoms with Crippen LogP contribution in [0.4, 0.5) is 0 Å². The van der Waals surface area contributed by atoms with Gasteiger partial charge in [-0.15, -0.1) is 11.3 Å². The maximum atomic E-state index is 12.2. The van der Waals surface area contributed by atoms with Gasteiger partial charge in [-0.1, -0.05) is 6.07 Å². The molecular weight excluding hydrogens is 322 g/mol. The zero-order chi connectivity index (χ0) is 16.9. The summed E-state index contributed by atoms with van der Waals surface area (Å²) in [6.07, 6.45) is 3.81. The quantitative estimate of drug-likeness (QED) is 0.860. The van der Waals surface area contributed by atoms with Gasteiger partial charge in [0, 0.05) is 50.5 Å². The smallest absolute Gasteiger partial charge is 0.234 e. The monoisotopic (exact) mass is 347 g/mol. The molecule has 3 rings (SSSR count). The van der Waals surface area contributed by atoms with E-state index in [9.17, 15) is 4.79 Å². The van der Waals surface area contributed by atoms with Crippen LogP contribution in [0, 0.1) is 0 Å². The van der Waals surface area contributed by atoms with Crippen molar-refractivity contribution in [3.8, 4) is 0 Å². The molecule has 0 radical (unpaired) electrons. The highest BCUT2D eigenvalue weighted by atomic mass is 32.1. The first kappa shape index (κ1) is 17.1. The molecule has 130 valence electrons. The fraction of sp³-hybridized carbons (Fsp3) is 0.529.